The van der Waals surface area contributed by atoms with Gasteiger partial charge in [-0.2, -0.15) is 0 Å². The molecule has 6 heteroatoms. The SMILES string of the molecule is O=C(O)c1cccc(NC(=O)c2nc[nH]c2CCC23CC4CC(CC(C4)C2)C3)c1. The Balaban J connectivity index is 1.27. The molecule has 0 unspecified atom stereocenters. The van der Waals surface area contributed by atoms with Crippen molar-refractivity contribution in [3.63, 3.8) is 0 Å². The van der Waals surface area contributed by atoms with Gasteiger partial charge in [-0.15, -0.1) is 0 Å². The van der Waals surface area contributed by atoms with Crippen molar-refractivity contribution in [2.45, 2.75) is 51.4 Å². The zero-order valence-corrected chi connectivity index (χ0v) is 16.5. The Kier molecular flexibility index (Phi) is 4.45. The van der Waals surface area contributed by atoms with Crippen molar-refractivity contribution in [3.8, 4) is 0 Å². The topological polar surface area (TPSA) is 95.1 Å². The van der Waals surface area contributed by atoms with E-state index in [2.05, 4.69) is 15.3 Å². The van der Waals surface area contributed by atoms with E-state index in [1.165, 1.54) is 50.7 Å². The molecule has 6 nitrogen and oxygen atoms in total. The molecule has 0 atom stereocenters. The molecule has 4 aliphatic rings. The molecule has 152 valence electrons. The van der Waals surface area contributed by atoms with Crippen LogP contribution < -0.4 is 5.32 Å². The van der Waals surface area contributed by atoms with Crippen LogP contribution in [0.15, 0.2) is 30.6 Å². The number of aromatic carboxylic acids is 1. The molecule has 1 heterocycles. The Morgan fingerprint density at radius 2 is 1.83 bits per heavy atom. The molecule has 3 N–H and O–H groups in total. The van der Waals surface area contributed by atoms with Crippen LogP contribution in [0.25, 0.3) is 0 Å². The Hall–Kier alpha value is -2.63. The summed E-state index contributed by atoms with van der Waals surface area (Å²) in [4.78, 5) is 31.3. The number of aryl methyl sites for hydroxylation is 1. The monoisotopic (exact) mass is 393 g/mol. The van der Waals surface area contributed by atoms with Crippen molar-refractivity contribution >= 4 is 17.6 Å². The number of carbonyl (C=O) groups is 2. The summed E-state index contributed by atoms with van der Waals surface area (Å²) in [5.41, 5.74) is 2.36. The largest absolute Gasteiger partial charge is 0.478 e. The first-order valence-corrected chi connectivity index (χ1v) is 10.7. The average molecular weight is 393 g/mol. The van der Waals surface area contributed by atoms with Gasteiger partial charge in [0.15, 0.2) is 0 Å². The van der Waals surface area contributed by atoms with E-state index in [1.807, 2.05) is 0 Å². The Morgan fingerprint density at radius 1 is 1.14 bits per heavy atom. The lowest BCUT2D eigenvalue weighted by atomic mass is 9.48. The number of hydrogen-bond donors (Lipinski definition) is 3. The lowest BCUT2D eigenvalue weighted by Gasteiger charge is -2.57. The van der Waals surface area contributed by atoms with Crippen LogP contribution in [0.5, 0.6) is 0 Å². The first kappa shape index (κ1) is 18.4. The third-order valence-corrected chi connectivity index (χ3v) is 7.37. The first-order chi connectivity index (χ1) is 14.0. The predicted octanol–water partition coefficient (Wildman–Crippen LogP) is 4.51. The number of imidazole rings is 1. The van der Waals surface area contributed by atoms with Crippen LogP contribution in [-0.2, 0) is 6.42 Å². The smallest absolute Gasteiger partial charge is 0.335 e. The predicted molar refractivity (Wildman–Crippen MR) is 109 cm³/mol. The number of rotatable bonds is 6. The Morgan fingerprint density at radius 3 is 2.48 bits per heavy atom. The van der Waals surface area contributed by atoms with Gasteiger partial charge >= 0.3 is 5.97 Å². The number of carbonyl (C=O) groups excluding carboxylic acids is 1. The lowest BCUT2D eigenvalue weighted by molar-refractivity contribution is -0.0570. The van der Waals surface area contributed by atoms with Crippen molar-refractivity contribution in [1.29, 1.82) is 0 Å². The lowest BCUT2D eigenvalue weighted by Crippen LogP contribution is -2.46. The zero-order valence-electron chi connectivity index (χ0n) is 16.5. The van der Waals surface area contributed by atoms with E-state index in [4.69, 9.17) is 5.11 Å². The second-order valence-electron chi connectivity index (χ2n) is 9.49. The minimum Gasteiger partial charge on any atom is -0.478 e. The van der Waals surface area contributed by atoms with Crippen LogP contribution in [0.4, 0.5) is 5.69 Å². The van der Waals surface area contributed by atoms with Crippen molar-refractivity contribution in [2.24, 2.45) is 23.2 Å². The highest BCUT2D eigenvalue weighted by Crippen LogP contribution is 2.61. The van der Waals surface area contributed by atoms with Crippen molar-refractivity contribution in [2.75, 3.05) is 5.32 Å². The minimum atomic E-state index is -1.02. The fourth-order valence-corrected chi connectivity index (χ4v) is 6.61. The summed E-state index contributed by atoms with van der Waals surface area (Å²) in [6.45, 7) is 0. The molecule has 2 aromatic rings. The number of carboxylic acid groups (broad SMARTS) is 1. The summed E-state index contributed by atoms with van der Waals surface area (Å²) in [7, 11) is 0. The number of amides is 1. The number of hydrogen-bond acceptors (Lipinski definition) is 3. The van der Waals surface area contributed by atoms with Gasteiger partial charge in [0, 0.05) is 11.4 Å². The molecule has 1 amide bonds. The van der Waals surface area contributed by atoms with E-state index in [0.717, 1.165) is 36.3 Å². The first-order valence-electron chi connectivity index (χ1n) is 10.7. The van der Waals surface area contributed by atoms with E-state index in [0.29, 0.717) is 16.8 Å². The molecule has 6 rings (SSSR count). The number of H-pyrrole nitrogens is 1. The zero-order chi connectivity index (χ0) is 20.0. The molecule has 29 heavy (non-hydrogen) atoms. The highest BCUT2D eigenvalue weighted by Gasteiger charge is 2.50. The maximum absolute atomic E-state index is 12.8. The second-order valence-corrected chi connectivity index (χ2v) is 9.49. The third kappa shape index (κ3) is 3.56. The summed E-state index contributed by atoms with van der Waals surface area (Å²) in [6.07, 6.45) is 11.9. The maximum atomic E-state index is 12.8. The molecule has 4 fully saturated rings. The summed E-state index contributed by atoms with van der Waals surface area (Å²) >= 11 is 0. The Bertz CT molecular complexity index is 913. The molecular weight excluding hydrogens is 366 g/mol. The summed E-state index contributed by atoms with van der Waals surface area (Å²) in [6, 6.07) is 6.27. The van der Waals surface area contributed by atoms with Crippen LogP contribution in [0.1, 0.15) is 71.5 Å². The van der Waals surface area contributed by atoms with Crippen LogP contribution in [-0.4, -0.2) is 27.0 Å². The van der Waals surface area contributed by atoms with Gasteiger partial charge in [0.1, 0.15) is 5.69 Å². The molecular formula is C23H27N3O3. The van der Waals surface area contributed by atoms with Crippen molar-refractivity contribution in [3.05, 3.63) is 47.5 Å². The van der Waals surface area contributed by atoms with Gasteiger partial charge in [-0.05, 0) is 92.7 Å². The normalized spacial score (nSPS) is 29.7. The molecule has 0 spiro atoms. The fourth-order valence-electron chi connectivity index (χ4n) is 6.61. The molecule has 1 aromatic heterocycles. The maximum Gasteiger partial charge on any atom is 0.335 e. The van der Waals surface area contributed by atoms with E-state index >= 15 is 0 Å². The number of carboxylic acids is 1. The number of nitrogens with zero attached hydrogens (tertiary/aromatic N) is 1. The quantitative estimate of drug-likeness (QED) is 0.673. The van der Waals surface area contributed by atoms with E-state index in [9.17, 15) is 9.59 Å². The van der Waals surface area contributed by atoms with Gasteiger partial charge in [-0.25, -0.2) is 9.78 Å². The van der Waals surface area contributed by atoms with E-state index < -0.39 is 5.97 Å². The molecule has 0 saturated heterocycles. The highest BCUT2D eigenvalue weighted by atomic mass is 16.4. The molecule has 4 aliphatic carbocycles. The van der Waals surface area contributed by atoms with Crippen molar-refractivity contribution < 1.29 is 14.7 Å². The molecule has 4 bridgehead atoms. The highest BCUT2D eigenvalue weighted by molar-refractivity contribution is 6.04. The summed E-state index contributed by atoms with van der Waals surface area (Å²) in [5, 5.41) is 11.9. The minimum absolute atomic E-state index is 0.145. The van der Waals surface area contributed by atoms with Crippen LogP contribution in [0.3, 0.4) is 0 Å². The number of nitrogens with one attached hydrogen (secondary N) is 2. The summed E-state index contributed by atoms with van der Waals surface area (Å²) in [5.74, 6) is 1.46. The standard InChI is InChI=1S/C23H27N3O3/c27-21(26-18-3-1-2-17(9-18)22(28)29)20-19(24-13-25-20)4-5-23-10-14-6-15(11-23)8-16(7-14)12-23/h1-3,9,13-16H,4-8,10-12H2,(H,24,25)(H,26,27)(H,28,29). The van der Waals surface area contributed by atoms with Crippen LogP contribution >= 0.6 is 0 Å². The van der Waals surface area contributed by atoms with E-state index in [-0.39, 0.29) is 11.5 Å². The number of aromatic nitrogens is 2. The van der Waals surface area contributed by atoms with Crippen LogP contribution in [0.2, 0.25) is 0 Å². The van der Waals surface area contributed by atoms with Gasteiger partial charge < -0.3 is 15.4 Å². The summed E-state index contributed by atoms with van der Waals surface area (Å²) < 4.78 is 0. The van der Waals surface area contributed by atoms with Gasteiger partial charge in [0.05, 0.1) is 11.9 Å². The number of benzene rings is 1. The van der Waals surface area contributed by atoms with Crippen LogP contribution in [0, 0.1) is 23.2 Å². The molecule has 1 aromatic carbocycles. The second kappa shape index (κ2) is 7.01. The molecule has 0 radical (unpaired) electrons. The van der Waals surface area contributed by atoms with Crippen molar-refractivity contribution in [1.82, 2.24) is 9.97 Å². The van der Waals surface area contributed by atoms with Gasteiger partial charge in [0.2, 0.25) is 0 Å². The average Bonchev–Trinajstić information content (AvgIpc) is 3.14. The Labute approximate surface area is 170 Å². The third-order valence-electron chi connectivity index (χ3n) is 7.37. The number of aromatic amines is 1. The van der Waals surface area contributed by atoms with Gasteiger partial charge in [-0.3, -0.25) is 4.79 Å². The fraction of sp³-hybridized carbons (Fsp3) is 0.522. The molecule has 0 aliphatic heterocycles. The van der Waals surface area contributed by atoms with E-state index in [1.54, 1.807) is 18.5 Å². The molecule has 4 saturated carbocycles. The van der Waals surface area contributed by atoms with Gasteiger partial charge in [-0.1, -0.05) is 6.07 Å². The van der Waals surface area contributed by atoms with Gasteiger partial charge in [0.25, 0.3) is 5.91 Å². The number of anilines is 1.